The Kier molecular flexibility index (Phi) is 5.70. The van der Waals surface area contributed by atoms with E-state index in [9.17, 15) is 4.39 Å². The predicted octanol–water partition coefficient (Wildman–Crippen LogP) is 4.73. The maximum atomic E-state index is 13.0. The first-order chi connectivity index (χ1) is 7.27. The van der Waals surface area contributed by atoms with Gasteiger partial charge in [-0.2, -0.15) is 0 Å². The van der Waals surface area contributed by atoms with Gasteiger partial charge in [-0.1, -0.05) is 38.3 Å². The smallest absolute Gasteiger partial charge is 0.123 e. The van der Waals surface area contributed by atoms with Crippen molar-refractivity contribution in [1.29, 1.82) is 0 Å². The van der Waals surface area contributed by atoms with Gasteiger partial charge in [0.2, 0.25) is 0 Å². The molecule has 0 heterocycles. The highest BCUT2D eigenvalue weighted by Gasteiger charge is 2.10. The van der Waals surface area contributed by atoms with E-state index >= 15 is 0 Å². The molecule has 0 radical (unpaired) electrons. The topological polar surface area (TPSA) is 0 Å². The van der Waals surface area contributed by atoms with Crippen molar-refractivity contribution in [1.82, 2.24) is 0 Å². The van der Waals surface area contributed by atoms with Gasteiger partial charge in [0.1, 0.15) is 5.82 Å². The van der Waals surface area contributed by atoms with E-state index in [1.54, 1.807) is 12.1 Å². The van der Waals surface area contributed by atoms with E-state index < -0.39 is 0 Å². The fourth-order valence-corrected chi connectivity index (χ4v) is 2.07. The second-order valence-corrected chi connectivity index (χ2v) is 4.21. The number of halogens is 2. The highest BCUT2D eigenvalue weighted by molar-refractivity contribution is 6.18. The Morgan fingerprint density at radius 3 is 2.73 bits per heavy atom. The number of alkyl halides is 1. The van der Waals surface area contributed by atoms with Crippen molar-refractivity contribution in [3.8, 4) is 0 Å². The molecular weight excluding hydrogens is 211 g/mol. The molecule has 1 rings (SSSR count). The summed E-state index contributed by atoms with van der Waals surface area (Å²) in [4.78, 5) is 0. The van der Waals surface area contributed by atoms with Crippen molar-refractivity contribution in [3.63, 3.8) is 0 Å². The van der Waals surface area contributed by atoms with Gasteiger partial charge in [-0.05, 0) is 30.0 Å². The molecule has 0 aliphatic rings. The number of rotatable bonds is 6. The summed E-state index contributed by atoms with van der Waals surface area (Å²) in [5.41, 5.74) is 1.03. The first-order valence-corrected chi connectivity index (χ1v) is 6.12. The average molecular weight is 229 g/mol. The molecule has 84 valence electrons. The molecule has 0 N–H and O–H groups in total. The molecule has 0 amide bonds. The van der Waals surface area contributed by atoms with Crippen LogP contribution in [0.3, 0.4) is 0 Å². The predicted molar refractivity (Wildman–Crippen MR) is 64.0 cm³/mol. The monoisotopic (exact) mass is 228 g/mol. The lowest BCUT2D eigenvalue weighted by molar-refractivity contribution is 0.589. The van der Waals surface area contributed by atoms with Crippen LogP contribution in [0.15, 0.2) is 24.3 Å². The maximum Gasteiger partial charge on any atom is 0.123 e. The van der Waals surface area contributed by atoms with Crippen LogP contribution >= 0.6 is 11.6 Å². The van der Waals surface area contributed by atoms with Gasteiger partial charge in [-0.25, -0.2) is 4.39 Å². The molecule has 2 heteroatoms. The van der Waals surface area contributed by atoms with Gasteiger partial charge >= 0.3 is 0 Å². The third kappa shape index (κ3) is 4.21. The lowest BCUT2D eigenvalue weighted by atomic mass is 9.95. The van der Waals surface area contributed by atoms with E-state index in [2.05, 4.69) is 6.92 Å². The molecule has 0 aromatic heterocycles. The molecule has 0 aliphatic heterocycles. The zero-order valence-corrected chi connectivity index (χ0v) is 9.93. The summed E-state index contributed by atoms with van der Waals surface area (Å²) < 4.78 is 13.0. The molecule has 0 nitrogen and oxygen atoms in total. The van der Waals surface area contributed by atoms with Crippen LogP contribution in [0.5, 0.6) is 0 Å². The normalized spacial score (nSPS) is 12.7. The Morgan fingerprint density at radius 1 is 1.33 bits per heavy atom. The molecule has 15 heavy (non-hydrogen) atoms. The third-order valence-electron chi connectivity index (χ3n) is 2.66. The van der Waals surface area contributed by atoms with Crippen molar-refractivity contribution in [3.05, 3.63) is 35.6 Å². The minimum atomic E-state index is -0.168. The van der Waals surface area contributed by atoms with Gasteiger partial charge in [0.05, 0.1) is 0 Å². The van der Waals surface area contributed by atoms with Crippen LogP contribution in [0.4, 0.5) is 4.39 Å². The van der Waals surface area contributed by atoms with Crippen molar-refractivity contribution in [2.75, 3.05) is 5.88 Å². The zero-order chi connectivity index (χ0) is 11.1. The minimum Gasteiger partial charge on any atom is -0.207 e. The van der Waals surface area contributed by atoms with Crippen LogP contribution in [0, 0.1) is 5.82 Å². The summed E-state index contributed by atoms with van der Waals surface area (Å²) in [6.45, 7) is 2.18. The van der Waals surface area contributed by atoms with Crippen molar-refractivity contribution in [2.45, 2.75) is 38.5 Å². The molecule has 1 aromatic rings. The second kappa shape index (κ2) is 6.84. The van der Waals surface area contributed by atoms with Crippen LogP contribution in [-0.2, 0) is 0 Å². The van der Waals surface area contributed by atoms with Crippen LogP contribution < -0.4 is 0 Å². The fourth-order valence-electron chi connectivity index (χ4n) is 1.73. The largest absolute Gasteiger partial charge is 0.207 e. The maximum absolute atomic E-state index is 13.0. The van der Waals surface area contributed by atoms with Gasteiger partial charge < -0.3 is 0 Å². The van der Waals surface area contributed by atoms with E-state index in [0.29, 0.717) is 11.8 Å². The highest BCUT2D eigenvalue weighted by atomic mass is 35.5. The third-order valence-corrected chi connectivity index (χ3v) is 3.03. The van der Waals surface area contributed by atoms with Crippen molar-refractivity contribution in [2.24, 2.45) is 0 Å². The Bertz CT molecular complexity index is 286. The molecule has 1 unspecified atom stereocenters. The minimum absolute atomic E-state index is 0.168. The molecule has 1 atom stereocenters. The van der Waals surface area contributed by atoms with Crippen molar-refractivity contribution >= 4 is 11.6 Å². The van der Waals surface area contributed by atoms with Crippen LogP contribution in [0.1, 0.15) is 44.1 Å². The van der Waals surface area contributed by atoms with Gasteiger partial charge in [0, 0.05) is 5.88 Å². The number of benzene rings is 1. The molecule has 0 bridgehead atoms. The lowest BCUT2D eigenvalue weighted by Crippen LogP contribution is -2.01. The summed E-state index contributed by atoms with van der Waals surface area (Å²) in [6.07, 6.45) is 4.66. The second-order valence-electron chi connectivity index (χ2n) is 3.90. The molecule has 1 aromatic carbocycles. The van der Waals surface area contributed by atoms with Crippen LogP contribution in [-0.4, -0.2) is 5.88 Å². The molecule has 0 aliphatic carbocycles. The van der Waals surface area contributed by atoms with E-state index in [4.69, 9.17) is 11.6 Å². The van der Waals surface area contributed by atoms with Crippen LogP contribution in [0.2, 0.25) is 0 Å². The lowest BCUT2D eigenvalue weighted by Gasteiger charge is -2.13. The highest BCUT2D eigenvalue weighted by Crippen LogP contribution is 2.24. The average Bonchev–Trinajstić information content (AvgIpc) is 2.24. The van der Waals surface area contributed by atoms with Gasteiger partial charge in [0.15, 0.2) is 0 Å². The van der Waals surface area contributed by atoms with E-state index in [-0.39, 0.29) is 5.82 Å². The summed E-state index contributed by atoms with van der Waals surface area (Å²) in [5, 5.41) is 0. The summed E-state index contributed by atoms with van der Waals surface area (Å²) in [7, 11) is 0. The first kappa shape index (κ1) is 12.5. The van der Waals surface area contributed by atoms with E-state index in [1.165, 1.54) is 25.3 Å². The van der Waals surface area contributed by atoms with Gasteiger partial charge in [-0.3, -0.25) is 0 Å². The first-order valence-electron chi connectivity index (χ1n) is 5.59. The van der Waals surface area contributed by atoms with E-state index in [1.807, 2.05) is 6.07 Å². The Labute approximate surface area is 96.5 Å². The number of hydrogen-bond donors (Lipinski definition) is 0. The molecule has 0 saturated carbocycles. The van der Waals surface area contributed by atoms with Crippen LogP contribution in [0.25, 0.3) is 0 Å². The fraction of sp³-hybridized carbons (Fsp3) is 0.538. The van der Waals surface area contributed by atoms with E-state index in [0.717, 1.165) is 12.0 Å². The quantitative estimate of drug-likeness (QED) is 0.488. The Hall–Kier alpha value is -0.560. The van der Waals surface area contributed by atoms with Gasteiger partial charge in [0.25, 0.3) is 0 Å². The SMILES string of the molecule is CCCCCC(CCl)c1cccc(F)c1. The number of hydrogen-bond acceptors (Lipinski definition) is 0. The molecular formula is C13H18ClF. The molecule has 0 fully saturated rings. The Morgan fingerprint density at radius 2 is 2.13 bits per heavy atom. The Balaban J connectivity index is 2.57. The molecule has 0 spiro atoms. The standard InChI is InChI=1S/C13H18ClF/c1-2-3-4-6-12(10-14)11-7-5-8-13(15)9-11/h5,7-9,12H,2-4,6,10H2,1H3. The summed E-state index contributed by atoms with van der Waals surface area (Å²) >= 11 is 5.91. The summed E-state index contributed by atoms with van der Waals surface area (Å²) in [6, 6.07) is 6.78. The zero-order valence-electron chi connectivity index (χ0n) is 9.18. The molecule has 0 saturated heterocycles. The van der Waals surface area contributed by atoms with Gasteiger partial charge in [-0.15, -0.1) is 11.6 Å². The van der Waals surface area contributed by atoms with Crippen molar-refractivity contribution < 1.29 is 4.39 Å². The summed E-state index contributed by atoms with van der Waals surface area (Å²) in [5.74, 6) is 0.708. The number of unbranched alkanes of at least 4 members (excludes halogenated alkanes) is 2.